The van der Waals surface area contributed by atoms with Gasteiger partial charge in [-0.25, -0.2) is 0 Å². The second-order valence-corrected chi connectivity index (χ2v) is 4.47. The number of nitrogens with one attached hydrogen (secondary N) is 1. The second kappa shape index (κ2) is 4.97. The first kappa shape index (κ1) is 10.9. The average Bonchev–Trinajstić information content (AvgIpc) is 2.61. The zero-order chi connectivity index (χ0) is 10.7. The molecule has 1 atom stereocenters. The Morgan fingerprint density at radius 2 is 2.33 bits per heavy atom. The van der Waals surface area contributed by atoms with Crippen molar-refractivity contribution < 1.29 is 0 Å². The number of hydrogen-bond acceptors (Lipinski definition) is 2. The maximum absolute atomic E-state index is 5.96. The van der Waals surface area contributed by atoms with Crippen LogP contribution in [0.15, 0.2) is 18.2 Å². The molecule has 2 nitrogen and oxygen atoms in total. The molecule has 0 amide bonds. The predicted octanol–water partition coefficient (Wildman–Crippen LogP) is 2.27. The standard InChI is InChI=1S/C12H17ClN2/c13-10-3-4-11-9(8-10)2-5-12(11)15-7-1-6-14/h3-4,8,12,15H,1-2,5-7,14H2. The van der Waals surface area contributed by atoms with E-state index in [2.05, 4.69) is 17.4 Å². The van der Waals surface area contributed by atoms with Crippen LogP contribution in [-0.4, -0.2) is 13.1 Å². The monoisotopic (exact) mass is 224 g/mol. The maximum Gasteiger partial charge on any atom is 0.0408 e. The van der Waals surface area contributed by atoms with E-state index in [0.29, 0.717) is 6.04 Å². The quantitative estimate of drug-likeness (QED) is 0.771. The first-order chi connectivity index (χ1) is 7.31. The van der Waals surface area contributed by atoms with Gasteiger partial charge in [0.1, 0.15) is 0 Å². The summed E-state index contributed by atoms with van der Waals surface area (Å²) in [5.41, 5.74) is 8.28. The van der Waals surface area contributed by atoms with Crippen molar-refractivity contribution in [2.45, 2.75) is 25.3 Å². The third kappa shape index (κ3) is 2.51. The van der Waals surface area contributed by atoms with Crippen molar-refractivity contribution in [3.63, 3.8) is 0 Å². The van der Waals surface area contributed by atoms with Crippen LogP contribution in [0, 0.1) is 0 Å². The molecule has 1 unspecified atom stereocenters. The summed E-state index contributed by atoms with van der Waals surface area (Å²) in [6.07, 6.45) is 3.36. The molecule has 0 radical (unpaired) electrons. The Kier molecular flexibility index (Phi) is 3.62. The molecule has 1 aliphatic carbocycles. The van der Waals surface area contributed by atoms with E-state index in [-0.39, 0.29) is 0 Å². The highest BCUT2D eigenvalue weighted by Crippen LogP contribution is 2.32. The highest BCUT2D eigenvalue weighted by atomic mass is 35.5. The van der Waals surface area contributed by atoms with E-state index >= 15 is 0 Å². The summed E-state index contributed by atoms with van der Waals surface area (Å²) in [5.74, 6) is 0. The van der Waals surface area contributed by atoms with E-state index in [4.69, 9.17) is 17.3 Å². The van der Waals surface area contributed by atoms with Crippen molar-refractivity contribution in [1.82, 2.24) is 5.32 Å². The van der Waals surface area contributed by atoms with Gasteiger partial charge in [-0.05, 0) is 55.6 Å². The van der Waals surface area contributed by atoms with Crippen LogP contribution >= 0.6 is 11.6 Å². The van der Waals surface area contributed by atoms with Crippen LogP contribution in [0.1, 0.15) is 30.0 Å². The molecule has 3 heteroatoms. The van der Waals surface area contributed by atoms with Crippen LogP contribution in [0.3, 0.4) is 0 Å². The van der Waals surface area contributed by atoms with Crippen molar-refractivity contribution in [2.24, 2.45) is 5.73 Å². The molecule has 82 valence electrons. The summed E-state index contributed by atoms with van der Waals surface area (Å²) >= 11 is 5.96. The van der Waals surface area contributed by atoms with Gasteiger partial charge in [0, 0.05) is 11.1 Å². The topological polar surface area (TPSA) is 38.0 Å². The molecule has 1 aromatic carbocycles. The third-order valence-electron chi connectivity index (χ3n) is 2.95. The van der Waals surface area contributed by atoms with Gasteiger partial charge in [-0.15, -0.1) is 0 Å². The lowest BCUT2D eigenvalue weighted by Gasteiger charge is -2.13. The number of rotatable bonds is 4. The minimum atomic E-state index is 0.504. The number of fused-ring (bicyclic) bond motifs is 1. The molecular formula is C12H17ClN2. The van der Waals surface area contributed by atoms with Crippen molar-refractivity contribution in [3.05, 3.63) is 34.3 Å². The maximum atomic E-state index is 5.96. The van der Waals surface area contributed by atoms with E-state index in [1.807, 2.05) is 6.07 Å². The van der Waals surface area contributed by atoms with Crippen LogP contribution in [0.4, 0.5) is 0 Å². The van der Waals surface area contributed by atoms with Gasteiger partial charge >= 0.3 is 0 Å². The number of aryl methyl sites for hydroxylation is 1. The summed E-state index contributed by atoms with van der Waals surface area (Å²) in [5, 5.41) is 4.38. The lowest BCUT2D eigenvalue weighted by atomic mass is 10.1. The molecule has 0 saturated carbocycles. The Hall–Kier alpha value is -0.570. The van der Waals surface area contributed by atoms with Crippen LogP contribution < -0.4 is 11.1 Å². The summed E-state index contributed by atoms with van der Waals surface area (Å²) in [7, 11) is 0. The average molecular weight is 225 g/mol. The van der Waals surface area contributed by atoms with Crippen LogP contribution in [0.25, 0.3) is 0 Å². The van der Waals surface area contributed by atoms with E-state index < -0.39 is 0 Å². The Bertz CT molecular complexity index is 338. The molecule has 2 rings (SSSR count). The van der Waals surface area contributed by atoms with Gasteiger partial charge in [0.2, 0.25) is 0 Å². The van der Waals surface area contributed by atoms with E-state index in [9.17, 15) is 0 Å². The molecule has 3 N–H and O–H groups in total. The fraction of sp³-hybridized carbons (Fsp3) is 0.500. The van der Waals surface area contributed by atoms with Gasteiger partial charge in [0.15, 0.2) is 0 Å². The van der Waals surface area contributed by atoms with Gasteiger partial charge in [-0.3, -0.25) is 0 Å². The van der Waals surface area contributed by atoms with Gasteiger partial charge < -0.3 is 11.1 Å². The third-order valence-corrected chi connectivity index (χ3v) is 3.19. The molecule has 15 heavy (non-hydrogen) atoms. The van der Waals surface area contributed by atoms with Gasteiger partial charge in [0.05, 0.1) is 0 Å². The van der Waals surface area contributed by atoms with Crippen molar-refractivity contribution in [1.29, 1.82) is 0 Å². The Morgan fingerprint density at radius 3 is 3.13 bits per heavy atom. The SMILES string of the molecule is NCCCNC1CCc2cc(Cl)ccc21. The molecule has 0 saturated heterocycles. The highest BCUT2D eigenvalue weighted by molar-refractivity contribution is 6.30. The van der Waals surface area contributed by atoms with Crippen molar-refractivity contribution in [3.8, 4) is 0 Å². The van der Waals surface area contributed by atoms with Crippen LogP contribution in [-0.2, 0) is 6.42 Å². The number of nitrogens with two attached hydrogens (primary N) is 1. The molecule has 0 fully saturated rings. The summed E-state index contributed by atoms with van der Waals surface area (Å²) in [6, 6.07) is 6.71. The minimum Gasteiger partial charge on any atom is -0.330 e. The molecule has 0 heterocycles. The fourth-order valence-electron chi connectivity index (χ4n) is 2.18. The summed E-state index contributed by atoms with van der Waals surface area (Å²) in [6.45, 7) is 1.76. The minimum absolute atomic E-state index is 0.504. The molecule has 1 aliphatic rings. The molecular weight excluding hydrogens is 208 g/mol. The zero-order valence-electron chi connectivity index (χ0n) is 8.80. The molecule has 0 aliphatic heterocycles. The summed E-state index contributed by atoms with van der Waals surface area (Å²) in [4.78, 5) is 0. The smallest absolute Gasteiger partial charge is 0.0408 e. The van der Waals surface area contributed by atoms with Gasteiger partial charge in [0.25, 0.3) is 0 Å². The van der Waals surface area contributed by atoms with Gasteiger partial charge in [-0.1, -0.05) is 17.7 Å². The highest BCUT2D eigenvalue weighted by Gasteiger charge is 2.21. The van der Waals surface area contributed by atoms with Gasteiger partial charge in [-0.2, -0.15) is 0 Å². The van der Waals surface area contributed by atoms with Crippen molar-refractivity contribution in [2.75, 3.05) is 13.1 Å². The van der Waals surface area contributed by atoms with E-state index in [0.717, 1.165) is 31.0 Å². The number of hydrogen-bond donors (Lipinski definition) is 2. The Balaban J connectivity index is 2.02. The zero-order valence-corrected chi connectivity index (χ0v) is 9.56. The lowest BCUT2D eigenvalue weighted by Crippen LogP contribution is -2.22. The number of halogens is 1. The molecule has 1 aromatic rings. The molecule has 0 bridgehead atoms. The molecule has 0 spiro atoms. The summed E-state index contributed by atoms with van der Waals surface area (Å²) < 4.78 is 0. The van der Waals surface area contributed by atoms with E-state index in [1.54, 1.807) is 0 Å². The van der Waals surface area contributed by atoms with Crippen molar-refractivity contribution >= 4 is 11.6 Å². The first-order valence-electron chi connectivity index (χ1n) is 5.53. The second-order valence-electron chi connectivity index (χ2n) is 4.03. The lowest BCUT2D eigenvalue weighted by molar-refractivity contribution is 0.523. The Labute approximate surface area is 95.8 Å². The van der Waals surface area contributed by atoms with Crippen LogP contribution in [0.5, 0.6) is 0 Å². The fourth-order valence-corrected chi connectivity index (χ4v) is 2.37. The van der Waals surface area contributed by atoms with Crippen LogP contribution in [0.2, 0.25) is 5.02 Å². The molecule has 0 aromatic heterocycles. The predicted molar refractivity (Wildman–Crippen MR) is 64.2 cm³/mol. The Morgan fingerprint density at radius 1 is 1.47 bits per heavy atom. The normalized spacial score (nSPS) is 19.2. The van der Waals surface area contributed by atoms with E-state index in [1.165, 1.54) is 17.5 Å². The largest absolute Gasteiger partial charge is 0.330 e. The first-order valence-corrected chi connectivity index (χ1v) is 5.91. The number of benzene rings is 1.